The van der Waals surface area contributed by atoms with Gasteiger partial charge < -0.3 is 4.74 Å². The molecule has 2 amide bonds. The van der Waals surface area contributed by atoms with Crippen LogP contribution < -0.4 is 5.32 Å². The fourth-order valence-electron chi connectivity index (χ4n) is 2.26. The van der Waals surface area contributed by atoms with Crippen LogP contribution >= 0.6 is 23.1 Å². The maximum absolute atomic E-state index is 11.8. The average molecular weight is 359 g/mol. The predicted molar refractivity (Wildman–Crippen MR) is 94.9 cm³/mol. The summed E-state index contributed by atoms with van der Waals surface area (Å²) in [7, 11) is 1.36. The van der Waals surface area contributed by atoms with Gasteiger partial charge in [0.25, 0.3) is 11.1 Å². The molecule has 2 aromatic rings. The zero-order valence-corrected chi connectivity index (χ0v) is 14.5. The van der Waals surface area contributed by atoms with Crippen LogP contribution in [0.3, 0.4) is 0 Å². The number of aryl methyl sites for hydroxylation is 1. The Morgan fingerprint density at radius 3 is 2.67 bits per heavy atom. The molecular formula is C17H13NO4S2. The van der Waals surface area contributed by atoms with Gasteiger partial charge in [0, 0.05) is 4.88 Å². The maximum atomic E-state index is 11.8. The van der Waals surface area contributed by atoms with Crippen molar-refractivity contribution in [3.63, 3.8) is 0 Å². The molecule has 1 aliphatic rings. The second-order valence-electron chi connectivity index (χ2n) is 5.11. The summed E-state index contributed by atoms with van der Waals surface area (Å²) < 4.78 is 4.80. The van der Waals surface area contributed by atoms with Gasteiger partial charge in [0.05, 0.1) is 17.6 Å². The molecule has 1 aromatic heterocycles. The number of nitrogens with one attached hydrogen (secondary N) is 1. The number of carbonyl (C=O) groups excluding carboxylic acids is 3. The van der Waals surface area contributed by atoms with Gasteiger partial charge in [-0.1, -0.05) is 12.1 Å². The van der Waals surface area contributed by atoms with E-state index in [0.717, 1.165) is 33.3 Å². The second kappa shape index (κ2) is 6.62. The van der Waals surface area contributed by atoms with E-state index in [1.54, 1.807) is 12.1 Å². The molecule has 1 fully saturated rings. The fraction of sp³-hybridized carbons (Fsp3) is 0.118. The Morgan fingerprint density at radius 1 is 1.21 bits per heavy atom. The van der Waals surface area contributed by atoms with Crippen molar-refractivity contribution >= 4 is 46.3 Å². The Hall–Kier alpha value is -2.38. The summed E-state index contributed by atoms with van der Waals surface area (Å²) in [6.07, 6.45) is 1.69. The van der Waals surface area contributed by atoms with Gasteiger partial charge in [0.15, 0.2) is 0 Å². The SMILES string of the molecule is COC(=O)c1cc(-c2csc(/C=C3/SC(=O)NC3=O)c2)ccc1C. The number of methoxy groups -OCH3 is 1. The Morgan fingerprint density at radius 2 is 2.00 bits per heavy atom. The molecule has 1 saturated heterocycles. The minimum absolute atomic E-state index is 0.357. The van der Waals surface area contributed by atoms with Crippen LogP contribution in [-0.4, -0.2) is 24.2 Å². The van der Waals surface area contributed by atoms with Gasteiger partial charge in [-0.05, 0) is 59.0 Å². The van der Waals surface area contributed by atoms with Gasteiger partial charge >= 0.3 is 5.97 Å². The number of hydrogen-bond donors (Lipinski definition) is 1. The molecule has 7 heteroatoms. The molecule has 122 valence electrons. The number of amides is 2. The minimum atomic E-state index is -0.372. The van der Waals surface area contributed by atoms with Gasteiger partial charge in [0.1, 0.15) is 0 Å². The molecule has 1 aromatic carbocycles. The number of carbonyl (C=O) groups is 3. The Kier molecular flexibility index (Phi) is 4.55. The molecule has 5 nitrogen and oxygen atoms in total. The first-order valence-electron chi connectivity index (χ1n) is 7.00. The van der Waals surface area contributed by atoms with Crippen LogP contribution in [-0.2, 0) is 9.53 Å². The van der Waals surface area contributed by atoms with Gasteiger partial charge in [-0.25, -0.2) is 4.79 Å². The normalized spacial score (nSPS) is 15.7. The van der Waals surface area contributed by atoms with Crippen molar-refractivity contribution in [2.45, 2.75) is 6.92 Å². The van der Waals surface area contributed by atoms with E-state index in [0.29, 0.717) is 10.5 Å². The third-order valence-corrected chi connectivity index (χ3v) is 5.20. The van der Waals surface area contributed by atoms with Crippen LogP contribution in [0.15, 0.2) is 34.6 Å². The first-order valence-corrected chi connectivity index (χ1v) is 8.70. The molecule has 0 radical (unpaired) electrons. The van der Waals surface area contributed by atoms with Crippen molar-refractivity contribution in [3.05, 3.63) is 50.6 Å². The number of rotatable bonds is 3. The fourth-order valence-corrected chi connectivity index (χ4v) is 3.86. The smallest absolute Gasteiger partial charge is 0.338 e. The summed E-state index contributed by atoms with van der Waals surface area (Å²) in [5.74, 6) is -0.743. The molecule has 0 spiro atoms. The third kappa shape index (κ3) is 3.27. The van der Waals surface area contributed by atoms with E-state index in [2.05, 4.69) is 5.32 Å². The van der Waals surface area contributed by atoms with Gasteiger partial charge in [-0.15, -0.1) is 11.3 Å². The summed E-state index contributed by atoms with van der Waals surface area (Å²) >= 11 is 2.35. The number of benzene rings is 1. The number of ether oxygens (including phenoxy) is 1. The molecule has 1 aliphatic heterocycles. The molecule has 24 heavy (non-hydrogen) atoms. The summed E-state index contributed by atoms with van der Waals surface area (Å²) in [5.41, 5.74) is 3.20. The Labute approximate surface area is 146 Å². The lowest BCUT2D eigenvalue weighted by Crippen LogP contribution is -2.17. The number of imide groups is 1. The average Bonchev–Trinajstić information content (AvgIpc) is 3.14. The van der Waals surface area contributed by atoms with Crippen molar-refractivity contribution in [1.29, 1.82) is 0 Å². The molecular weight excluding hydrogens is 346 g/mol. The summed E-state index contributed by atoms with van der Waals surface area (Å²) in [6.45, 7) is 1.85. The highest BCUT2D eigenvalue weighted by Gasteiger charge is 2.25. The zero-order chi connectivity index (χ0) is 17.3. The van der Waals surface area contributed by atoms with Crippen LogP contribution in [0.4, 0.5) is 4.79 Å². The van der Waals surface area contributed by atoms with Crippen molar-refractivity contribution in [2.75, 3.05) is 7.11 Å². The first-order chi connectivity index (χ1) is 11.5. The molecule has 0 aliphatic carbocycles. The van der Waals surface area contributed by atoms with Crippen LogP contribution in [0.5, 0.6) is 0 Å². The van der Waals surface area contributed by atoms with Crippen LogP contribution in [0, 0.1) is 6.92 Å². The molecule has 2 heterocycles. The maximum Gasteiger partial charge on any atom is 0.338 e. The van der Waals surface area contributed by atoms with Crippen molar-refractivity contribution in [3.8, 4) is 11.1 Å². The van der Waals surface area contributed by atoms with E-state index in [4.69, 9.17) is 4.74 Å². The Bertz CT molecular complexity index is 882. The zero-order valence-electron chi connectivity index (χ0n) is 12.9. The van der Waals surface area contributed by atoms with Gasteiger partial charge in [-0.3, -0.25) is 14.9 Å². The second-order valence-corrected chi connectivity index (χ2v) is 7.07. The highest BCUT2D eigenvalue weighted by atomic mass is 32.2. The van der Waals surface area contributed by atoms with Crippen LogP contribution in [0.25, 0.3) is 17.2 Å². The molecule has 0 saturated carbocycles. The van der Waals surface area contributed by atoms with E-state index in [1.165, 1.54) is 18.4 Å². The number of thiophene rings is 1. The van der Waals surface area contributed by atoms with Crippen molar-refractivity contribution < 1.29 is 19.1 Å². The molecule has 0 atom stereocenters. The summed E-state index contributed by atoms with van der Waals surface area (Å²) in [6, 6.07) is 7.51. The predicted octanol–water partition coefficient (Wildman–Crippen LogP) is 3.83. The van der Waals surface area contributed by atoms with E-state index in [9.17, 15) is 14.4 Å². The van der Waals surface area contributed by atoms with Crippen LogP contribution in [0.2, 0.25) is 0 Å². The van der Waals surface area contributed by atoms with E-state index in [-0.39, 0.29) is 17.1 Å². The van der Waals surface area contributed by atoms with Gasteiger partial charge in [0.2, 0.25) is 0 Å². The molecule has 0 unspecified atom stereocenters. The lowest BCUT2D eigenvalue weighted by Gasteiger charge is -2.06. The number of hydrogen-bond acceptors (Lipinski definition) is 6. The number of thioether (sulfide) groups is 1. The minimum Gasteiger partial charge on any atom is -0.465 e. The lowest BCUT2D eigenvalue weighted by molar-refractivity contribution is -0.115. The summed E-state index contributed by atoms with van der Waals surface area (Å²) in [4.78, 5) is 35.8. The highest BCUT2D eigenvalue weighted by Crippen LogP contribution is 2.31. The van der Waals surface area contributed by atoms with Gasteiger partial charge in [-0.2, -0.15) is 0 Å². The van der Waals surface area contributed by atoms with E-state index < -0.39 is 0 Å². The highest BCUT2D eigenvalue weighted by molar-refractivity contribution is 8.18. The molecule has 3 rings (SSSR count). The third-order valence-electron chi connectivity index (χ3n) is 3.51. The largest absolute Gasteiger partial charge is 0.465 e. The van der Waals surface area contributed by atoms with Crippen molar-refractivity contribution in [2.24, 2.45) is 0 Å². The number of esters is 1. The monoisotopic (exact) mass is 359 g/mol. The first kappa shape index (κ1) is 16.5. The standard InChI is InChI=1S/C17H13NO4S2/c1-9-3-4-10(6-13(9)16(20)22-2)11-5-12(23-8-11)7-14-15(19)18-17(21)24-14/h3-8H,1-2H3,(H,18,19,21)/b14-7+. The van der Waals surface area contributed by atoms with Crippen molar-refractivity contribution in [1.82, 2.24) is 5.32 Å². The van der Waals surface area contributed by atoms with E-state index in [1.807, 2.05) is 30.5 Å². The molecule has 1 N–H and O–H groups in total. The topological polar surface area (TPSA) is 72.5 Å². The summed E-state index contributed by atoms with van der Waals surface area (Å²) in [5, 5.41) is 3.81. The van der Waals surface area contributed by atoms with Crippen LogP contribution in [0.1, 0.15) is 20.8 Å². The van der Waals surface area contributed by atoms with E-state index >= 15 is 0 Å². The quantitative estimate of drug-likeness (QED) is 0.666. The Balaban J connectivity index is 1.91. The lowest BCUT2D eigenvalue weighted by atomic mass is 10.0. The molecule has 0 bridgehead atoms.